The molecule has 1 aliphatic heterocycles. The number of pyridine rings is 1. The van der Waals surface area contributed by atoms with Gasteiger partial charge in [-0.15, -0.1) is 5.10 Å². The Balaban J connectivity index is 1.36. The molecule has 1 saturated heterocycles. The topological polar surface area (TPSA) is 102 Å². The van der Waals surface area contributed by atoms with Crippen LogP contribution in [-0.2, 0) is 0 Å². The second kappa shape index (κ2) is 8.64. The molecule has 166 valence electrons. The smallest absolute Gasteiger partial charge is 0.273 e. The van der Waals surface area contributed by atoms with Crippen LogP contribution in [0.5, 0.6) is 5.88 Å². The molecule has 2 aromatic heterocycles. The quantitative estimate of drug-likeness (QED) is 0.761. The number of carbonyl (C=O) groups is 2. The lowest BCUT2D eigenvalue weighted by molar-refractivity contribution is -0.0268. The molecule has 1 aliphatic carbocycles. The number of hydrogen-bond acceptors (Lipinski definition) is 6. The third-order valence-corrected chi connectivity index (χ3v) is 6.59. The molecule has 0 radical (unpaired) electrons. The van der Waals surface area contributed by atoms with Crippen molar-refractivity contribution in [1.82, 2.24) is 30.2 Å². The van der Waals surface area contributed by atoms with E-state index in [1.54, 1.807) is 31.6 Å². The number of carbonyl (C=O) groups excluding carboxylic acids is 2. The highest BCUT2D eigenvalue weighted by atomic mass is 16.5. The molecule has 1 spiro atoms. The lowest BCUT2D eigenvalue weighted by atomic mass is 9.59. The van der Waals surface area contributed by atoms with Gasteiger partial charge >= 0.3 is 0 Å². The van der Waals surface area contributed by atoms with Gasteiger partial charge in [0.15, 0.2) is 5.69 Å². The number of amides is 2. The van der Waals surface area contributed by atoms with Crippen LogP contribution in [0, 0.1) is 11.3 Å². The molecule has 2 aromatic rings. The van der Waals surface area contributed by atoms with Gasteiger partial charge in [0.05, 0.1) is 24.9 Å². The van der Waals surface area contributed by atoms with Crippen molar-refractivity contribution in [3.05, 3.63) is 35.8 Å². The second-order valence-electron chi connectivity index (χ2n) is 8.99. The first kappa shape index (κ1) is 21.3. The number of aromatic nitrogens is 4. The summed E-state index contributed by atoms with van der Waals surface area (Å²) in [6, 6.07) is 3.69. The Hall–Kier alpha value is -2.97. The Bertz CT molecular complexity index is 931. The van der Waals surface area contributed by atoms with Crippen molar-refractivity contribution in [3.8, 4) is 5.88 Å². The number of rotatable bonds is 6. The predicted molar refractivity (Wildman–Crippen MR) is 114 cm³/mol. The highest BCUT2D eigenvalue weighted by molar-refractivity contribution is 5.94. The van der Waals surface area contributed by atoms with Crippen LogP contribution in [0.3, 0.4) is 0 Å². The van der Waals surface area contributed by atoms with Gasteiger partial charge in [-0.2, -0.15) is 0 Å². The number of methoxy groups -OCH3 is 1. The van der Waals surface area contributed by atoms with Gasteiger partial charge < -0.3 is 15.0 Å². The summed E-state index contributed by atoms with van der Waals surface area (Å²) >= 11 is 0. The summed E-state index contributed by atoms with van der Waals surface area (Å²) in [7, 11) is 1.55. The Morgan fingerprint density at radius 2 is 2.03 bits per heavy atom. The Morgan fingerprint density at radius 1 is 1.26 bits per heavy atom. The van der Waals surface area contributed by atoms with Crippen molar-refractivity contribution in [2.24, 2.45) is 11.3 Å². The Kier molecular flexibility index (Phi) is 5.93. The number of likely N-dealkylation sites (tertiary alicyclic amines) is 1. The third kappa shape index (κ3) is 4.26. The molecule has 2 aliphatic rings. The molecule has 2 amide bonds. The molecule has 1 atom stereocenters. The van der Waals surface area contributed by atoms with E-state index in [2.05, 4.69) is 34.5 Å². The first-order valence-electron chi connectivity index (χ1n) is 10.9. The van der Waals surface area contributed by atoms with E-state index < -0.39 is 0 Å². The van der Waals surface area contributed by atoms with Gasteiger partial charge in [-0.3, -0.25) is 9.59 Å². The number of ether oxygens (including phenoxy) is 1. The Labute approximate surface area is 182 Å². The predicted octanol–water partition coefficient (Wildman–Crippen LogP) is 2.33. The molecule has 1 unspecified atom stereocenters. The highest BCUT2D eigenvalue weighted by Crippen LogP contribution is 2.56. The summed E-state index contributed by atoms with van der Waals surface area (Å²) in [5, 5.41) is 11.2. The van der Waals surface area contributed by atoms with Crippen molar-refractivity contribution in [1.29, 1.82) is 0 Å². The second-order valence-corrected chi connectivity index (χ2v) is 8.99. The zero-order valence-electron chi connectivity index (χ0n) is 18.4. The van der Waals surface area contributed by atoms with Crippen molar-refractivity contribution in [2.75, 3.05) is 26.7 Å². The van der Waals surface area contributed by atoms with E-state index in [1.807, 2.05) is 9.58 Å². The maximum absolute atomic E-state index is 12.8. The lowest BCUT2D eigenvalue weighted by Gasteiger charge is -2.53. The number of nitrogens with one attached hydrogen (secondary N) is 1. The molecule has 9 heteroatoms. The fourth-order valence-corrected chi connectivity index (χ4v) is 4.56. The summed E-state index contributed by atoms with van der Waals surface area (Å²) in [5.74, 6) is 0.708. The largest absolute Gasteiger partial charge is 0.481 e. The molecule has 31 heavy (non-hydrogen) atoms. The van der Waals surface area contributed by atoms with Gasteiger partial charge in [-0.05, 0) is 43.1 Å². The number of piperidine rings is 1. The van der Waals surface area contributed by atoms with Crippen LogP contribution in [0.25, 0.3) is 0 Å². The molecule has 2 fully saturated rings. The van der Waals surface area contributed by atoms with Gasteiger partial charge in [0.25, 0.3) is 11.8 Å². The normalized spacial score (nSPS) is 19.9. The van der Waals surface area contributed by atoms with Gasteiger partial charge in [-0.1, -0.05) is 19.1 Å². The van der Waals surface area contributed by atoms with E-state index in [0.29, 0.717) is 42.7 Å². The van der Waals surface area contributed by atoms with E-state index in [-0.39, 0.29) is 23.3 Å². The fourth-order valence-electron chi connectivity index (χ4n) is 4.56. The monoisotopic (exact) mass is 426 g/mol. The van der Waals surface area contributed by atoms with Crippen LogP contribution in [0.2, 0.25) is 0 Å². The molecule has 3 heterocycles. The molecule has 4 rings (SSSR count). The molecule has 1 saturated carbocycles. The minimum atomic E-state index is -0.179. The number of hydrogen-bond donors (Lipinski definition) is 1. The average molecular weight is 427 g/mol. The average Bonchev–Trinajstić information content (AvgIpc) is 3.25. The van der Waals surface area contributed by atoms with E-state index in [1.165, 1.54) is 0 Å². The van der Waals surface area contributed by atoms with Gasteiger partial charge in [0, 0.05) is 31.9 Å². The Morgan fingerprint density at radius 3 is 2.61 bits per heavy atom. The van der Waals surface area contributed by atoms with Crippen molar-refractivity contribution < 1.29 is 14.3 Å². The minimum absolute atomic E-state index is 0.00532. The van der Waals surface area contributed by atoms with Crippen LogP contribution in [0.1, 0.15) is 66.4 Å². The third-order valence-electron chi connectivity index (χ3n) is 6.59. The minimum Gasteiger partial charge on any atom is -0.481 e. The van der Waals surface area contributed by atoms with Crippen molar-refractivity contribution >= 4 is 11.8 Å². The maximum atomic E-state index is 12.8. The SMILES string of the molecule is COc1ccc(C(=O)N2CCC3(CCC3n3cc(C(=O)NCC(C)C)nn3)CC2)cn1. The molecular formula is C22H30N6O3. The van der Waals surface area contributed by atoms with E-state index in [9.17, 15) is 9.59 Å². The van der Waals surface area contributed by atoms with Crippen LogP contribution in [0.15, 0.2) is 24.5 Å². The van der Waals surface area contributed by atoms with E-state index in [4.69, 9.17) is 4.74 Å². The zero-order valence-corrected chi connectivity index (χ0v) is 18.4. The molecule has 1 N–H and O–H groups in total. The fraction of sp³-hybridized carbons (Fsp3) is 0.591. The lowest BCUT2D eigenvalue weighted by Crippen LogP contribution is -2.51. The van der Waals surface area contributed by atoms with E-state index >= 15 is 0 Å². The van der Waals surface area contributed by atoms with Gasteiger partial charge in [-0.25, -0.2) is 9.67 Å². The van der Waals surface area contributed by atoms with Crippen LogP contribution >= 0.6 is 0 Å². The zero-order chi connectivity index (χ0) is 22.0. The molecule has 9 nitrogen and oxygen atoms in total. The van der Waals surface area contributed by atoms with E-state index in [0.717, 1.165) is 25.7 Å². The van der Waals surface area contributed by atoms with Crippen molar-refractivity contribution in [2.45, 2.75) is 45.6 Å². The van der Waals surface area contributed by atoms with Crippen LogP contribution in [-0.4, -0.2) is 63.4 Å². The van der Waals surface area contributed by atoms with Crippen LogP contribution in [0.4, 0.5) is 0 Å². The first-order chi connectivity index (χ1) is 14.9. The first-order valence-corrected chi connectivity index (χ1v) is 10.9. The molecular weight excluding hydrogens is 396 g/mol. The van der Waals surface area contributed by atoms with Crippen LogP contribution < -0.4 is 10.1 Å². The summed E-state index contributed by atoms with van der Waals surface area (Å²) in [5.41, 5.74) is 1.06. The standard InChI is InChI=1S/C22H30N6O3/c1-15(2)12-24-20(29)17-14-28(26-25-17)18-6-7-22(18)8-10-27(11-9-22)21(30)16-4-5-19(31-3)23-13-16/h4-5,13-15,18H,6-12H2,1-3H3,(H,24,29). The number of nitrogens with zero attached hydrogens (tertiary/aromatic N) is 5. The van der Waals surface area contributed by atoms with Gasteiger partial charge in [0.1, 0.15) is 0 Å². The maximum Gasteiger partial charge on any atom is 0.273 e. The van der Waals surface area contributed by atoms with Crippen molar-refractivity contribution in [3.63, 3.8) is 0 Å². The summed E-state index contributed by atoms with van der Waals surface area (Å²) in [6.07, 6.45) is 7.30. The summed E-state index contributed by atoms with van der Waals surface area (Å²) in [4.78, 5) is 31.1. The summed E-state index contributed by atoms with van der Waals surface area (Å²) in [6.45, 7) is 6.14. The molecule has 0 bridgehead atoms. The molecule has 0 aromatic carbocycles. The van der Waals surface area contributed by atoms with Gasteiger partial charge in [0.2, 0.25) is 5.88 Å². The highest BCUT2D eigenvalue weighted by Gasteiger charge is 2.50. The summed E-state index contributed by atoms with van der Waals surface area (Å²) < 4.78 is 6.92.